The van der Waals surface area contributed by atoms with Gasteiger partial charge in [0.25, 0.3) is 0 Å². The van der Waals surface area contributed by atoms with Crippen molar-refractivity contribution in [3.05, 3.63) is 28.2 Å². The van der Waals surface area contributed by atoms with Crippen LogP contribution in [-0.4, -0.2) is 19.2 Å². The summed E-state index contributed by atoms with van der Waals surface area (Å²) in [6.45, 7) is 3.25. The number of halogens is 1. The van der Waals surface area contributed by atoms with Crippen LogP contribution in [0.25, 0.3) is 0 Å². The number of benzene rings is 1. The third-order valence-electron chi connectivity index (χ3n) is 2.50. The average molecular weight is 270 g/mol. The zero-order chi connectivity index (χ0) is 10.8. The van der Waals surface area contributed by atoms with Gasteiger partial charge in [-0.2, -0.15) is 0 Å². The molecular formula is C11H12BrNO2. The molecule has 0 atom stereocenters. The Labute approximate surface area is 97.2 Å². The van der Waals surface area contributed by atoms with E-state index < -0.39 is 0 Å². The van der Waals surface area contributed by atoms with Gasteiger partial charge in [-0.25, -0.2) is 4.79 Å². The zero-order valence-corrected chi connectivity index (χ0v) is 10.1. The second-order valence-electron chi connectivity index (χ2n) is 3.50. The molecule has 1 aromatic carbocycles. The van der Waals surface area contributed by atoms with Crippen LogP contribution in [0.5, 0.6) is 0 Å². The largest absolute Gasteiger partial charge is 0.449 e. The summed E-state index contributed by atoms with van der Waals surface area (Å²) in [5.74, 6) is 0. The average Bonchev–Trinajstić information content (AvgIpc) is 2.23. The molecule has 1 aliphatic rings. The monoisotopic (exact) mass is 269 g/mol. The van der Waals surface area contributed by atoms with Crippen LogP contribution in [0, 0.1) is 6.92 Å². The Kier molecular flexibility index (Phi) is 2.95. The quantitative estimate of drug-likeness (QED) is 0.784. The van der Waals surface area contributed by atoms with Gasteiger partial charge >= 0.3 is 6.09 Å². The Bertz CT molecular complexity index is 392. The molecule has 1 amide bonds. The molecule has 15 heavy (non-hydrogen) atoms. The number of carbonyl (C=O) groups is 1. The molecule has 1 aliphatic heterocycles. The summed E-state index contributed by atoms with van der Waals surface area (Å²) in [6.07, 6.45) is 0.639. The van der Waals surface area contributed by atoms with Crippen molar-refractivity contribution in [2.24, 2.45) is 0 Å². The van der Waals surface area contributed by atoms with Crippen LogP contribution in [0.4, 0.5) is 10.5 Å². The van der Waals surface area contributed by atoms with Crippen LogP contribution in [0.1, 0.15) is 12.0 Å². The molecule has 0 saturated carbocycles. The maximum Gasteiger partial charge on any atom is 0.414 e. The van der Waals surface area contributed by atoms with E-state index in [4.69, 9.17) is 4.74 Å². The molecule has 1 fully saturated rings. The molecule has 2 rings (SSSR count). The van der Waals surface area contributed by atoms with Gasteiger partial charge in [0.1, 0.15) is 0 Å². The number of ether oxygens (including phenoxy) is 1. The Morgan fingerprint density at radius 2 is 2.27 bits per heavy atom. The predicted molar refractivity (Wildman–Crippen MR) is 62.2 cm³/mol. The van der Waals surface area contributed by atoms with Crippen molar-refractivity contribution in [2.75, 3.05) is 18.1 Å². The fourth-order valence-electron chi connectivity index (χ4n) is 1.66. The van der Waals surface area contributed by atoms with E-state index in [1.54, 1.807) is 4.90 Å². The van der Waals surface area contributed by atoms with Crippen LogP contribution in [0.3, 0.4) is 0 Å². The summed E-state index contributed by atoms with van der Waals surface area (Å²) in [4.78, 5) is 13.2. The second-order valence-corrected chi connectivity index (χ2v) is 4.36. The van der Waals surface area contributed by atoms with Crippen molar-refractivity contribution in [3.8, 4) is 0 Å². The Morgan fingerprint density at radius 3 is 3.00 bits per heavy atom. The third-order valence-corrected chi connectivity index (χ3v) is 3.36. The minimum absolute atomic E-state index is 0.248. The van der Waals surface area contributed by atoms with Crippen LogP contribution in [-0.2, 0) is 4.74 Å². The highest BCUT2D eigenvalue weighted by Gasteiger charge is 2.22. The number of cyclic esters (lactones) is 1. The molecule has 0 aromatic heterocycles. The summed E-state index contributed by atoms with van der Waals surface area (Å²) in [7, 11) is 0. The lowest BCUT2D eigenvalue weighted by Gasteiger charge is -2.27. The summed E-state index contributed by atoms with van der Waals surface area (Å²) in [6, 6.07) is 5.83. The molecule has 0 radical (unpaired) electrons. The molecule has 1 aromatic rings. The van der Waals surface area contributed by atoms with Crippen LogP contribution < -0.4 is 4.90 Å². The molecule has 80 valence electrons. The highest BCUT2D eigenvalue weighted by molar-refractivity contribution is 9.10. The van der Waals surface area contributed by atoms with Crippen LogP contribution in [0.15, 0.2) is 22.7 Å². The van der Waals surface area contributed by atoms with Gasteiger partial charge in [-0.15, -0.1) is 0 Å². The summed E-state index contributed by atoms with van der Waals surface area (Å²) in [5.41, 5.74) is 1.99. The van der Waals surface area contributed by atoms with Crippen molar-refractivity contribution < 1.29 is 9.53 Å². The highest BCUT2D eigenvalue weighted by atomic mass is 79.9. The van der Waals surface area contributed by atoms with Gasteiger partial charge in [0.2, 0.25) is 0 Å². The minimum atomic E-state index is -0.248. The van der Waals surface area contributed by atoms with E-state index in [2.05, 4.69) is 15.9 Å². The molecule has 0 N–H and O–H groups in total. The van der Waals surface area contributed by atoms with E-state index in [1.165, 1.54) is 0 Å². The number of carbonyl (C=O) groups excluding carboxylic acids is 1. The van der Waals surface area contributed by atoms with Crippen molar-refractivity contribution in [3.63, 3.8) is 0 Å². The fraction of sp³-hybridized carbons (Fsp3) is 0.364. The lowest BCUT2D eigenvalue weighted by molar-refractivity contribution is 0.140. The SMILES string of the molecule is Cc1c(Br)cccc1N1CCCOC1=O. The molecule has 4 heteroatoms. The smallest absolute Gasteiger partial charge is 0.414 e. The van der Waals surface area contributed by atoms with Crippen LogP contribution >= 0.6 is 15.9 Å². The molecule has 3 nitrogen and oxygen atoms in total. The second kappa shape index (κ2) is 4.23. The van der Waals surface area contributed by atoms with Crippen molar-refractivity contribution in [2.45, 2.75) is 13.3 Å². The van der Waals surface area contributed by atoms with Gasteiger partial charge in [0, 0.05) is 11.0 Å². The third kappa shape index (κ3) is 2.00. The van der Waals surface area contributed by atoms with E-state index >= 15 is 0 Å². The molecular weight excluding hydrogens is 258 g/mol. The Hall–Kier alpha value is -1.03. The molecule has 0 bridgehead atoms. The number of hydrogen-bond donors (Lipinski definition) is 0. The standard InChI is InChI=1S/C11H12BrNO2/c1-8-9(12)4-2-5-10(8)13-6-3-7-15-11(13)14/h2,4-5H,3,6-7H2,1H3. The van der Waals surface area contributed by atoms with Crippen molar-refractivity contribution >= 4 is 27.7 Å². The first-order valence-electron chi connectivity index (χ1n) is 4.89. The number of nitrogens with zero attached hydrogens (tertiary/aromatic N) is 1. The lowest BCUT2D eigenvalue weighted by Crippen LogP contribution is -2.38. The molecule has 0 unspecified atom stereocenters. The predicted octanol–water partition coefficient (Wildman–Crippen LogP) is 3.10. The maximum atomic E-state index is 11.5. The number of rotatable bonds is 1. The topological polar surface area (TPSA) is 29.5 Å². The number of amides is 1. The van der Waals surface area contributed by atoms with Gasteiger partial charge in [0.05, 0.1) is 12.3 Å². The summed E-state index contributed by atoms with van der Waals surface area (Å²) >= 11 is 3.45. The lowest BCUT2D eigenvalue weighted by atomic mass is 10.2. The van der Waals surface area contributed by atoms with Gasteiger partial charge in [0.15, 0.2) is 0 Å². The van der Waals surface area contributed by atoms with E-state index in [0.29, 0.717) is 6.61 Å². The van der Waals surface area contributed by atoms with Gasteiger partial charge in [-0.1, -0.05) is 22.0 Å². The first kappa shape index (κ1) is 10.5. The minimum Gasteiger partial charge on any atom is -0.449 e. The first-order chi connectivity index (χ1) is 7.20. The summed E-state index contributed by atoms with van der Waals surface area (Å²) < 4.78 is 6.02. The van der Waals surface area contributed by atoms with E-state index in [0.717, 1.165) is 28.7 Å². The van der Waals surface area contributed by atoms with Crippen LogP contribution in [0.2, 0.25) is 0 Å². The first-order valence-corrected chi connectivity index (χ1v) is 5.69. The van der Waals surface area contributed by atoms with Gasteiger partial charge < -0.3 is 4.74 Å². The molecule has 1 saturated heterocycles. The Balaban J connectivity index is 2.35. The number of hydrogen-bond acceptors (Lipinski definition) is 2. The van der Waals surface area contributed by atoms with E-state index in [1.807, 2.05) is 25.1 Å². The van der Waals surface area contributed by atoms with Crippen molar-refractivity contribution in [1.82, 2.24) is 0 Å². The molecule has 1 heterocycles. The fourth-order valence-corrected chi connectivity index (χ4v) is 2.01. The van der Waals surface area contributed by atoms with Gasteiger partial charge in [-0.05, 0) is 31.0 Å². The number of anilines is 1. The molecule has 0 spiro atoms. The van der Waals surface area contributed by atoms with E-state index in [-0.39, 0.29) is 6.09 Å². The van der Waals surface area contributed by atoms with E-state index in [9.17, 15) is 4.79 Å². The normalized spacial score (nSPS) is 16.4. The molecule has 0 aliphatic carbocycles. The van der Waals surface area contributed by atoms with Crippen molar-refractivity contribution in [1.29, 1.82) is 0 Å². The highest BCUT2D eigenvalue weighted by Crippen LogP contribution is 2.28. The Morgan fingerprint density at radius 1 is 1.47 bits per heavy atom. The zero-order valence-electron chi connectivity index (χ0n) is 8.50. The van der Waals surface area contributed by atoms with Gasteiger partial charge in [-0.3, -0.25) is 4.90 Å². The maximum absolute atomic E-state index is 11.5. The summed E-state index contributed by atoms with van der Waals surface area (Å²) in [5, 5.41) is 0.